The largest absolute Gasteiger partial charge is 0.480 e. The molecule has 0 aliphatic heterocycles. The molecule has 0 saturated heterocycles. The molecule has 2 aromatic rings. The van der Waals surface area contributed by atoms with Crippen molar-refractivity contribution in [2.45, 2.75) is 13.0 Å². The first-order chi connectivity index (χ1) is 7.77. The summed E-state index contributed by atoms with van der Waals surface area (Å²) in [5.74, 6) is 0.284. The molecule has 1 unspecified atom stereocenters. The van der Waals surface area contributed by atoms with Crippen molar-refractivity contribution in [3.8, 4) is 5.75 Å². The van der Waals surface area contributed by atoms with E-state index in [0.717, 1.165) is 5.56 Å². The molecule has 1 heterocycles. The summed E-state index contributed by atoms with van der Waals surface area (Å²) in [6, 6.07) is 11.3. The molecule has 0 aliphatic carbocycles. The van der Waals surface area contributed by atoms with Crippen LogP contribution in [0, 0.1) is 0 Å². The maximum Gasteiger partial charge on any atom is 0.306 e. The molecule has 82 valence electrons. The zero-order chi connectivity index (χ0) is 11.4. The van der Waals surface area contributed by atoms with Crippen molar-refractivity contribution in [1.82, 2.24) is 10.2 Å². The van der Waals surface area contributed by atoms with Crippen LogP contribution in [0.1, 0.15) is 18.6 Å². The Balaban J connectivity index is 2.17. The van der Waals surface area contributed by atoms with Gasteiger partial charge >= 0.3 is 5.56 Å². The molecule has 1 atom stereocenters. The first-order valence-electron chi connectivity index (χ1n) is 5.02. The smallest absolute Gasteiger partial charge is 0.306 e. The highest BCUT2D eigenvalue weighted by atomic mass is 16.5. The van der Waals surface area contributed by atoms with Crippen LogP contribution in [-0.2, 0) is 0 Å². The molecule has 0 amide bonds. The fourth-order valence-electron chi connectivity index (χ4n) is 1.41. The van der Waals surface area contributed by atoms with Crippen molar-refractivity contribution >= 4 is 0 Å². The quantitative estimate of drug-likeness (QED) is 0.852. The van der Waals surface area contributed by atoms with Gasteiger partial charge in [0.1, 0.15) is 6.10 Å². The van der Waals surface area contributed by atoms with E-state index in [9.17, 15) is 4.79 Å². The molecule has 0 bridgehead atoms. The van der Waals surface area contributed by atoms with Gasteiger partial charge < -0.3 is 4.74 Å². The van der Waals surface area contributed by atoms with Crippen molar-refractivity contribution in [3.63, 3.8) is 0 Å². The molecule has 1 aromatic heterocycles. The first-order valence-corrected chi connectivity index (χ1v) is 5.02. The summed E-state index contributed by atoms with van der Waals surface area (Å²) >= 11 is 0. The molecule has 1 N–H and O–H groups in total. The van der Waals surface area contributed by atoms with Crippen molar-refractivity contribution in [2.24, 2.45) is 0 Å². The number of ether oxygens (including phenoxy) is 1. The third-order valence-corrected chi connectivity index (χ3v) is 2.26. The van der Waals surface area contributed by atoms with Gasteiger partial charge in [-0.15, -0.1) is 0 Å². The predicted octanol–water partition coefficient (Wildman–Crippen LogP) is 1.91. The standard InChI is InChI=1S/C12H12N2O2/c1-9(10-5-3-2-4-6-10)16-11-7-8-13-14-12(11)15/h2-9H,1H3,(H,14,15). The summed E-state index contributed by atoms with van der Waals surface area (Å²) in [7, 11) is 0. The zero-order valence-corrected chi connectivity index (χ0v) is 8.88. The summed E-state index contributed by atoms with van der Waals surface area (Å²) in [5, 5.41) is 5.93. The number of nitrogens with one attached hydrogen (secondary N) is 1. The summed E-state index contributed by atoms with van der Waals surface area (Å²) in [5.41, 5.74) is 0.712. The molecular weight excluding hydrogens is 204 g/mol. The second-order valence-electron chi connectivity index (χ2n) is 3.42. The lowest BCUT2D eigenvalue weighted by atomic mass is 10.1. The molecule has 0 aliphatic rings. The highest BCUT2D eigenvalue weighted by molar-refractivity contribution is 5.20. The van der Waals surface area contributed by atoms with Crippen molar-refractivity contribution in [2.75, 3.05) is 0 Å². The average Bonchev–Trinajstić information content (AvgIpc) is 2.33. The normalized spacial score (nSPS) is 12.1. The molecule has 1 aromatic carbocycles. The number of H-pyrrole nitrogens is 1. The third kappa shape index (κ3) is 2.28. The lowest BCUT2D eigenvalue weighted by Crippen LogP contribution is -2.14. The molecule has 4 heteroatoms. The second kappa shape index (κ2) is 4.61. The Morgan fingerprint density at radius 3 is 2.69 bits per heavy atom. The van der Waals surface area contributed by atoms with Gasteiger partial charge in [-0.05, 0) is 12.5 Å². The van der Waals surface area contributed by atoms with Crippen LogP contribution >= 0.6 is 0 Å². The average molecular weight is 216 g/mol. The summed E-state index contributed by atoms with van der Waals surface area (Å²) in [6.07, 6.45) is 1.33. The van der Waals surface area contributed by atoms with Crippen molar-refractivity contribution in [3.05, 3.63) is 58.5 Å². The second-order valence-corrected chi connectivity index (χ2v) is 3.42. The van der Waals surface area contributed by atoms with E-state index in [4.69, 9.17) is 4.74 Å². The van der Waals surface area contributed by atoms with E-state index in [0.29, 0.717) is 0 Å². The van der Waals surface area contributed by atoms with Gasteiger partial charge in [-0.3, -0.25) is 4.79 Å². The number of hydrogen-bond acceptors (Lipinski definition) is 3. The van der Waals surface area contributed by atoms with Gasteiger partial charge in [0.05, 0.1) is 6.20 Å². The Morgan fingerprint density at radius 2 is 2.00 bits per heavy atom. The molecule has 0 radical (unpaired) electrons. The Bertz CT molecular complexity index is 508. The number of hydrogen-bond donors (Lipinski definition) is 1. The summed E-state index contributed by atoms with van der Waals surface area (Å²) < 4.78 is 5.55. The molecular formula is C12H12N2O2. The number of aromatic amines is 1. The lowest BCUT2D eigenvalue weighted by molar-refractivity contribution is 0.223. The maximum absolute atomic E-state index is 11.3. The van der Waals surface area contributed by atoms with Crippen LogP contribution in [0.2, 0.25) is 0 Å². The maximum atomic E-state index is 11.3. The highest BCUT2D eigenvalue weighted by Crippen LogP contribution is 2.17. The van der Waals surface area contributed by atoms with E-state index < -0.39 is 0 Å². The van der Waals surface area contributed by atoms with Crippen LogP contribution in [0.25, 0.3) is 0 Å². The van der Waals surface area contributed by atoms with Crippen molar-refractivity contribution < 1.29 is 4.74 Å². The Labute approximate surface area is 92.9 Å². The zero-order valence-electron chi connectivity index (χ0n) is 8.88. The van der Waals surface area contributed by atoms with Gasteiger partial charge in [0.25, 0.3) is 0 Å². The number of benzene rings is 1. The van der Waals surface area contributed by atoms with Crippen LogP contribution < -0.4 is 10.3 Å². The lowest BCUT2D eigenvalue weighted by Gasteiger charge is -2.13. The van der Waals surface area contributed by atoms with Gasteiger partial charge in [0.15, 0.2) is 5.75 Å². The first kappa shape index (κ1) is 10.4. The summed E-state index contributed by atoms with van der Waals surface area (Å²) in [6.45, 7) is 1.90. The molecule has 4 nitrogen and oxygen atoms in total. The fourth-order valence-corrected chi connectivity index (χ4v) is 1.41. The molecule has 0 fully saturated rings. The van der Waals surface area contributed by atoms with Crippen LogP contribution in [-0.4, -0.2) is 10.2 Å². The van der Waals surface area contributed by atoms with Gasteiger partial charge in [0, 0.05) is 6.07 Å². The predicted molar refractivity (Wildman–Crippen MR) is 60.3 cm³/mol. The topological polar surface area (TPSA) is 55.0 Å². The van der Waals surface area contributed by atoms with Gasteiger partial charge in [-0.25, -0.2) is 5.10 Å². The van der Waals surface area contributed by atoms with Crippen LogP contribution in [0.4, 0.5) is 0 Å². The molecule has 2 rings (SSSR count). The monoisotopic (exact) mass is 216 g/mol. The van der Waals surface area contributed by atoms with E-state index in [1.165, 1.54) is 6.20 Å². The Hall–Kier alpha value is -2.10. The minimum absolute atomic E-state index is 0.162. The molecule has 16 heavy (non-hydrogen) atoms. The van der Waals surface area contributed by atoms with Gasteiger partial charge in [0.2, 0.25) is 0 Å². The van der Waals surface area contributed by atoms with E-state index in [-0.39, 0.29) is 17.4 Å². The van der Waals surface area contributed by atoms with Gasteiger partial charge in [-0.1, -0.05) is 30.3 Å². The van der Waals surface area contributed by atoms with Gasteiger partial charge in [-0.2, -0.15) is 5.10 Å². The Morgan fingerprint density at radius 1 is 1.25 bits per heavy atom. The highest BCUT2D eigenvalue weighted by Gasteiger charge is 2.08. The number of nitrogens with zero attached hydrogens (tertiary/aromatic N) is 1. The Kier molecular flexibility index (Phi) is 3.00. The number of rotatable bonds is 3. The minimum atomic E-state index is -0.315. The van der Waals surface area contributed by atoms with Crippen LogP contribution in [0.3, 0.4) is 0 Å². The van der Waals surface area contributed by atoms with Crippen LogP contribution in [0.5, 0.6) is 5.75 Å². The van der Waals surface area contributed by atoms with E-state index in [1.807, 2.05) is 37.3 Å². The third-order valence-electron chi connectivity index (χ3n) is 2.26. The van der Waals surface area contributed by atoms with E-state index in [1.54, 1.807) is 6.07 Å². The van der Waals surface area contributed by atoms with Crippen molar-refractivity contribution in [1.29, 1.82) is 0 Å². The summed E-state index contributed by atoms with van der Waals surface area (Å²) in [4.78, 5) is 11.3. The van der Waals surface area contributed by atoms with Crippen LogP contribution in [0.15, 0.2) is 47.4 Å². The molecule has 0 saturated carbocycles. The fraction of sp³-hybridized carbons (Fsp3) is 0.167. The van der Waals surface area contributed by atoms with E-state index >= 15 is 0 Å². The van der Waals surface area contributed by atoms with E-state index in [2.05, 4.69) is 10.2 Å². The SMILES string of the molecule is CC(Oc1ccn[nH]c1=O)c1ccccc1. The number of aromatic nitrogens is 2. The minimum Gasteiger partial charge on any atom is -0.480 e. The molecule has 0 spiro atoms.